The number of ether oxygens (including phenoxy) is 2. The highest BCUT2D eigenvalue weighted by atomic mass is 19.4. The minimum atomic E-state index is -4.42. The van der Waals surface area contributed by atoms with E-state index in [0.717, 1.165) is 68.5 Å². The average molecular weight is 610 g/mol. The molecule has 3 heterocycles. The third-order valence-corrected chi connectivity index (χ3v) is 9.14. The Morgan fingerprint density at radius 1 is 1.11 bits per heavy atom. The standard InChI is InChI=1S/C34H38F3N3O4/c1-3-23-17-22(2)38-15-13-24-7-4-9-28(32(24)38)29-19-40(33(41)42)39(30(29)21-43-20-23)14-6-16-44-31-10-5-8-25-18-26(34(35,36)37)11-12-27(25)31/h5,8,10-12,18,20-22H,3-4,6-7,9,13-17,19H2,1-2H3,(H,41,42)/b23-20-,29-28?,30-21?. The molecule has 1 atom stereocenters. The second-order valence-corrected chi connectivity index (χ2v) is 11.9. The first-order valence-electron chi connectivity index (χ1n) is 15.4. The lowest BCUT2D eigenvalue weighted by atomic mass is 9.87. The Bertz CT molecular complexity index is 1580. The average Bonchev–Trinajstić information content (AvgIpc) is 3.59. The molecule has 1 amide bonds. The first-order chi connectivity index (χ1) is 21.2. The highest BCUT2D eigenvalue weighted by molar-refractivity contribution is 5.89. The Labute approximate surface area is 255 Å². The molecule has 1 unspecified atom stereocenters. The molecule has 0 aromatic heterocycles. The second-order valence-electron chi connectivity index (χ2n) is 11.9. The molecule has 4 aliphatic rings. The normalized spacial score (nSPS) is 21.8. The fourth-order valence-electron chi connectivity index (χ4n) is 6.96. The molecule has 234 valence electrons. The molecule has 7 nitrogen and oxygen atoms in total. The number of allylic oxidation sites excluding steroid dienone is 1. The summed E-state index contributed by atoms with van der Waals surface area (Å²) >= 11 is 0. The maximum atomic E-state index is 13.2. The fourth-order valence-corrected chi connectivity index (χ4v) is 6.96. The summed E-state index contributed by atoms with van der Waals surface area (Å²) in [5.41, 5.74) is 6.24. The number of alkyl halides is 3. The number of hydrogen-bond acceptors (Lipinski definition) is 5. The maximum absolute atomic E-state index is 13.2. The first-order valence-corrected chi connectivity index (χ1v) is 15.4. The molecule has 2 aromatic rings. The Morgan fingerprint density at radius 3 is 2.73 bits per heavy atom. The van der Waals surface area contributed by atoms with Gasteiger partial charge in [0.05, 0.1) is 30.7 Å². The SMILES string of the molecule is CC/C1=C/OC=C2C(=C3CCCC4=C3N(CC4)C(C)C1)CN(C(=O)O)N2CCCOc1cccc2cc(C(F)(F)F)ccc12. The van der Waals surface area contributed by atoms with E-state index in [9.17, 15) is 23.1 Å². The molecule has 0 radical (unpaired) electrons. The predicted octanol–water partition coefficient (Wildman–Crippen LogP) is 8.22. The zero-order chi connectivity index (χ0) is 31.0. The van der Waals surface area contributed by atoms with E-state index in [-0.39, 0.29) is 13.2 Å². The Morgan fingerprint density at radius 2 is 1.95 bits per heavy atom. The van der Waals surface area contributed by atoms with E-state index in [1.54, 1.807) is 29.5 Å². The van der Waals surface area contributed by atoms with Crippen LogP contribution in [0.4, 0.5) is 18.0 Å². The van der Waals surface area contributed by atoms with Crippen LogP contribution in [0.15, 0.2) is 82.6 Å². The van der Waals surface area contributed by atoms with Crippen LogP contribution >= 0.6 is 0 Å². The minimum absolute atomic E-state index is 0.245. The van der Waals surface area contributed by atoms with Crippen LogP contribution in [-0.2, 0) is 10.9 Å². The molecule has 1 saturated heterocycles. The Hall–Kier alpha value is -4.08. The summed E-state index contributed by atoms with van der Waals surface area (Å²) < 4.78 is 51.7. The summed E-state index contributed by atoms with van der Waals surface area (Å²) in [5.74, 6) is 0.488. The van der Waals surface area contributed by atoms with Crippen molar-refractivity contribution in [2.75, 3.05) is 26.2 Å². The number of carbonyl (C=O) groups is 1. The third-order valence-electron chi connectivity index (χ3n) is 9.14. The quantitative estimate of drug-likeness (QED) is 0.333. The van der Waals surface area contributed by atoms with Gasteiger partial charge in [0.1, 0.15) is 12.0 Å². The van der Waals surface area contributed by atoms with Crippen molar-refractivity contribution in [2.45, 2.75) is 71.0 Å². The van der Waals surface area contributed by atoms with Gasteiger partial charge in [-0.25, -0.2) is 9.80 Å². The van der Waals surface area contributed by atoms with Crippen molar-refractivity contribution in [3.8, 4) is 5.75 Å². The van der Waals surface area contributed by atoms with E-state index in [2.05, 4.69) is 18.7 Å². The van der Waals surface area contributed by atoms with Crippen LogP contribution in [0.5, 0.6) is 5.75 Å². The number of amides is 1. The van der Waals surface area contributed by atoms with Gasteiger partial charge in [-0.15, -0.1) is 0 Å². The first kappa shape index (κ1) is 30.0. The number of hydrazine groups is 1. The van der Waals surface area contributed by atoms with Gasteiger partial charge in [-0.05, 0) is 85.8 Å². The molecule has 0 bridgehead atoms. The van der Waals surface area contributed by atoms with E-state index in [1.165, 1.54) is 33.5 Å². The maximum Gasteiger partial charge on any atom is 0.426 e. The van der Waals surface area contributed by atoms with Gasteiger partial charge in [-0.3, -0.25) is 5.01 Å². The van der Waals surface area contributed by atoms with Crippen molar-refractivity contribution < 1.29 is 32.5 Å². The van der Waals surface area contributed by atoms with Gasteiger partial charge in [0.25, 0.3) is 0 Å². The van der Waals surface area contributed by atoms with Crippen molar-refractivity contribution in [1.29, 1.82) is 0 Å². The molecule has 10 heteroatoms. The number of benzene rings is 2. The summed E-state index contributed by atoms with van der Waals surface area (Å²) in [6, 6.07) is 8.96. The van der Waals surface area contributed by atoms with Gasteiger partial charge in [0, 0.05) is 42.2 Å². The predicted molar refractivity (Wildman–Crippen MR) is 161 cm³/mol. The van der Waals surface area contributed by atoms with Gasteiger partial charge in [-0.2, -0.15) is 13.2 Å². The Kier molecular flexibility index (Phi) is 8.26. The lowest BCUT2D eigenvalue weighted by molar-refractivity contribution is -0.137. The van der Waals surface area contributed by atoms with E-state index in [4.69, 9.17) is 9.47 Å². The van der Waals surface area contributed by atoms with Crippen molar-refractivity contribution >= 4 is 16.9 Å². The van der Waals surface area contributed by atoms with Gasteiger partial charge < -0.3 is 19.5 Å². The van der Waals surface area contributed by atoms with E-state index < -0.39 is 17.8 Å². The number of hydrogen-bond donors (Lipinski definition) is 1. The molecular weight excluding hydrogens is 571 g/mol. The highest BCUT2D eigenvalue weighted by Crippen LogP contribution is 2.45. The van der Waals surface area contributed by atoms with Crippen LogP contribution in [0.3, 0.4) is 0 Å². The summed E-state index contributed by atoms with van der Waals surface area (Å²) in [7, 11) is 0. The van der Waals surface area contributed by atoms with Crippen LogP contribution in [0, 0.1) is 0 Å². The highest BCUT2D eigenvalue weighted by Gasteiger charge is 2.40. The molecule has 2 aromatic carbocycles. The molecule has 3 aliphatic heterocycles. The monoisotopic (exact) mass is 609 g/mol. The lowest BCUT2D eigenvalue weighted by Crippen LogP contribution is -2.40. The second kappa shape index (κ2) is 12.1. The van der Waals surface area contributed by atoms with E-state index in [0.29, 0.717) is 35.5 Å². The largest absolute Gasteiger partial charge is 0.493 e. The van der Waals surface area contributed by atoms with Crippen molar-refractivity contribution in [1.82, 2.24) is 14.9 Å². The minimum Gasteiger partial charge on any atom is -0.493 e. The van der Waals surface area contributed by atoms with Crippen LogP contribution in [-0.4, -0.2) is 58.4 Å². The molecule has 1 aliphatic carbocycles. The molecule has 1 fully saturated rings. The number of fused-ring (bicyclic) bond motifs is 2. The summed E-state index contributed by atoms with van der Waals surface area (Å²) in [4.78, 5) is 15.0. The molecule has 0 spiro atoms. The molecule has 6 rings (SSSR count). The van der Waals surface area contributed by atoms with E-state index in [1.807, 2.05) is 6.26 Å². The Balaban J connectivity index is 1.26. The van der Waals surface area contributed by atoms with Gasteiger partial charge in [0.15, 0.2) is 0 Å². The van der Waals surface area contributed by atoms with Crippen LogP contribution in [0.2, 0.25) is 0 Å². The molecule has 44 heavy (non-hydrogen) atoms. The fraction of sp³-hybridized carbons (Fsp3) is 0.441. The summed E-state index contributed by atoms with van der Waals surface area (Å²) in [6.45, 7) is 6.22. The van der Waals surface area contributed by atoms with Crippen LogP contribution in [0.25, 0.3) is 10.8 Å². The number of carboxylic acid groups (broad SMARTS) is 1. The van der Waals surface area contributed by atoms with Crippen molar-refractivity contribution in [2.24, 2.45) is 0 Å². The molecule has 1 N–H and O–H groups in total. The zero-order valence-electron chi connectivity index (χ0n) is 25.1. The number of rotatable bonds is 6. The van der Waals surface area contributed by atoms with E-state index >= 15 is 0 Å². The van der Waals surface area contributed by atoms with Gasteiger partial charge in [0.2, 0.25) is 0 Å². The number of nitrogens with zero attached hydrogens (tertiary/aromatic N) is 3. The summed E-state index contributed by atoms with van der Waals surface area (Å²) in [6.07, 6.45) is 4.36. The van der Waals surface area contributed by atoms with Crippen LogP contribution in [0.1, 0.15) is 64.4 Å². The summed E-state index contributed by atoms with van der Waals surface area (Å²) in [5, 5.41) is 14.4. The van der Waals surface area contributed by atoms with Crippen LogP contribution < -0.4 is 4.74 Å². The topological polar surface area (TPSA) is 65.5 Å². The van der Waals surface area contributed by atoms with Crippen molar-refractivity contribution in [3.63, 3.8) is 0 Å². The van der Waals surface area contributed by atoms with Gasteiger partial charge >= 0.3 is 12.3 Å². The van der Waals surface area contributed by atoms with Gasteiger partial charge in [-0.1, -0.05) is 25.1 Å². The number of halogens is 3. The third kappa shape index (κ3) is 5.74. The molecular formula is C34H38F3N3O4. The smallest absolute Gasteiger partial charge is 0.426 e. The van der Waals surface area contributed by atoms with Crippen molar-refractivity contribution in [3.05, 3.63) is 88.2 Å². The molecule has 0 saturated carbocycles. The lowest BCUT2D eigenvalue weighted by Gasteiger charge is -2.33. The zero-order valence-corrected chi connectivity index (χ0v) is 25.1.